The van der Waals surface area contributed by atoms with Gasteiger partial charge in [-0.05, 0) is 36.8 Å². The summed E-state index contributed by atoms with van der Waals surface area (Å²) in [6.07, 6.45) is 1.04. The van der Waals surface area contributed by atoms with E-state index in [1.165, 1.54) is 0 Å². The third-order valence-electron chi connectivity index (χ3n) is 3.35. The summed E-state index contributed by atoms with van der Waals surface area (Å²) in [5.74, 6) is 1.78. The molecule has 0 unspecified atom stereocenters. The Morgan fingerprint density at radius 3 is 2.71 bits per heavy atom. The number of benzene rings is 2. The molecule has 1 heterocycles. The van der Waals surface area contributed by atoms with Crippen LogP contribution in [0.1, 0.15) is 19.2 Å². The molecule has 0 aliphatic heterocycles. The quantitative estimate of drug-likeness (QED) is 0.684. The van der Waals surface area contributed by atoms with Gasteiger partial charge in [0, 0.05) is 11.6 Å². The van der Waals surface area contributed by atoms with Crippen LogP contribution in [0.4, 0.5) is 0 Å². The predicted octanol–water partition coefficient (Wildman–Crippen LogP) is 4.68. The highest BCUT2D eigenvalue weighted by Crippen LogP contribution is 2.22. The standard InChI is InChI=1S/C17H17ClN2O/c1-2-10-20-16-11-13(18)8-9-15(16)19-17(20)12-21-14-6-4-3-5-7-14/h3-9,11H,2,10,12H2,1H3. The number of imidazole rings is 1. The molecule has 0 aliphatic rings. The molecule has 0 aliphatic carbocycles. The molecule has 4 heteroatoms. The molecule has 21 heavy (non-hydrogen) atoms. The van der Waals surface area contributed by atoms with Gasteiger partial charge in [-0.3, -0.25) is 0 Å². The number of rotatable bonds is 5. The van der Waals surface area contributed by atoms with Crippen molar-refractivity contribution in [3.8, 4) is 5.75 Å². The van der Waals surface area contributed by atoms with Crippen molar-refractivity contribution in [3.63, 3.8) is 0 Å². The molecule has 0 saturated carbocycles. The second-order valence-corrected chi connectivity index (χ2v) is 5.35. The highest BCUT2D eigenvalue weighted by atomic mass is 35.5. The van der Waals surface area contributed by atoms with Crippen LogP contribution in [-0.2, 0) is 13.2 Å². The van der Waals surface area contributed by atoms with E-state index in [9.17, 15) is 0 Å². The maximum absolute atomic E-state index is 6.10. The van der Waals surface area contributed by atoms with Crippen LogP contribution in [0.5, 0.6) is 5.75 Å². The van der Waals surface area contributed by atoms with E-state index in [-0.39, 0.29) is 0 Å². The van der Waals surface area contributed by atoms with Crippen molar-refractivity contribution in [1.82, 2.24) is 9.55 Å². The molecule has 0 atom stereocenters. The summed E-state index contributed by atoms with van der Waals surface area (Å²) in [7, 11) is 0. The van der Waals surface area contributed by atoms with Gasteiger partial charge in [-0.25, -0.2) is 4.98 Å². The second kappa shape index (κ2) is 6.19. The first-order chi connectivity index (χ1) is 10.3. The van der Waals surface area contributed by atoms with Crippen molar-refractivity contribution in [2.24, 2.45) is 0 Å². The Balaban J connectivity index is 1.91. The van der Waals surface area contributed by atoms with Crippen LogP contribution >= 0.6 is 11.6 Å². The fourth-order valence-electron chi connectivity index (χ4n) is 2.39. The van der Waals surface area contributed by atoms with Gasteiger partial charge in [-0.1, -0.05) is 36.7 Å². The van der Waals surface area contributed by atoms with Gasteiger partial charge in [-0.2, -0.15) is 0 Å². The van der Waals surface area contributed by atoms with Gasteiger partial charge in [0.15, 0.2) is 0 Å². The van der Waals surface area contributed by atoms with E-state index in [2.05, 4.69) is 16.5 Å². The van der Waals surface area contributed by atoms with Gasteiger partial charge in [0.05, 0.1) is 11.0 Å². The Kier molecular flexibility index (Phi) is 4.11. The minimum Gasteiger partial charge on any atom is -0.486 e. The van der Waals surface area contributed by atoms with E-state index < -0.39 is 0 Å². The van der Waals surface area contributed by atoms with E-state index in [1.807, 2.05) is 48.5 Å². The Labute approximate surface area is 129 Å². The number of hydrogen-bond donors (Lipinski definition) is 0. The van der Waals surface area contributed by atoms with Crippen LogP contribution in [0.3, 0.4) is 0 Å². The molecule has 0 saturated heterocycles. The highest BCUT2D eigenvalue weighted by molar-refractivity contribution is 6.31. The lowest BCUT2D eigenvalue weighted by Gasteiger charge is -2.09. The first-order valence-corrected chi connectivity index (χ1v) is 7.48. The molecule has 0 bridgehead atoms. The van der Waals surface area contributed by atoms with Crippen LogP contribution in [-0.4, -0.2) is 9.55 Å². The molecule has 3 rings (SSSR count). The summed E-state index contributed by atoms with van der Waals surface area (Å²) in [5.41, 5.74) is 2.02. The van der Waals surface area contributed by atoms with Crippen molar-refractivity contribution >= 4 is 22.6 Å². The molecule has 108 valence electrons. The van der Waals surface area contributed by atoms with Crippen molar-refractivity contribution in [3.05, 3.63) is 59.4 Å². The zero-order chi connectivity index (χ0) is 14.7. The largest absolute Gasteiger partial charge is 0.486 e. The Hall–Kier alpha value is -2.00. The smallest absolute Gasteiger partial charge is 0.147 e. The normalized spacial score (nSPS) is 11.0. The maximum atomic E-state index is 6.10. The molecule has 0 N–H and O–H groups in total. The van der Waals surface area contributed by atoms with Crippen molar-refractivity contribution in [1.29, 1.82) is 0 Å². The van der Waals surface area contributed by atoms with Gasteiger partial charge >= 0.3 is 0 Å². The zero-order valence-corrected chi connectivity index (χ0v) is 12.7. The number of hydrogen-bond acceptors (Lipinski definition) is 2. The van der Waals surface area contributed by atoms with E-state index in [0.717, 1.165) is 40.6 Å². The van der Waals surface area contributed by atoms with Crippen LogP contribution in [0.15, 0.2) is 48.5 Å². The molecule has 0 radical (unpaired) electrons. The summed E-state index contributed by atoms with van der Waals surface area (Å²) in [4.78, 5) is 4.67. The highest BCUT2D eigenvalue weighted by Gasteiger charge is 2.11. The topological polar surface area (TPSA) is 27.1 Å². The van der Waals surface area contributed by atoms with Gasteiger partial charge in [0.1, 0.15) is 18.2 Å². The number of ether oxygens (including phenoxy) is 1. The third kappa shape index (κ3) is 3.03. The Morgan fingerprint density at radius 1 is 1.14 bits per heavy atom. The van der Waals surface area contributed by atoms with Gasteiger partial charge in [0.2, 0.25) is 0 Å². The first kappa shape index (κ1) is 14.0. The van der Waals surface area contributed by atoms with E-state index in [4.69, 9.17) is 16.3 Å². The van der Waals surface area contributed by atoms with Crippen LogP contribution in [0.2, 0.25) is 5.02 Å². The molecule has 0 spiro atoms. The molecule has 1 aromatic heterocycles. The third-order valence-corrected chi connectivity index (χ3v) is 3.58. The van der Waals surface area contributed by atoms with Gasteiger partial charge in [-0.15, -0.1) is 0 Å². The van der Waals surface area contributed by atoms with E-state index in [0.29, 0.717) is 6.61 Å². The summed E-state index contributed by atoms with van der Waals surface area (Å²) >= 11 is 6.10. The molecule has 0 amide bonds. The first-order valence-electron chi connectivity index (χ1n) is 7.10. The second-order valence-electron chi connectivity index (χ2n) is 4.91. The summed E-state index contributed by atoms with van der Waals surface area (Å²) in [6.45, 7) is 3.51. The molecular formula is C17H17ClN2O. The molecule has 3 nitrogen and oxygen atoms in total. The lowest BCUT2D eigenvalue weighted by Crippen LogP contribution is -2.07. The molecular weight excluding hydrogens is 284 g/mol. The number of aryl methyl sites for hydroxylation is 1. The Bertz CT molecular complexity index is 737. The molecule has 2 aromatic carbocycles. The number of para-hydroxylation sites is 1. The number of nitrogens with zero attached hydrogens (tertiary/aromatic N) is 2. The summed E-state index contributed by atoms with van der Waals surface area (Å²) in [6, 6.07) is 15.6. The lowest BCUT2D eigenvalue weighted by atomic mass is 10.3. The monoisotopic (exact) mass is 300 g/mol. The van der Waals surface area contributed by atoms with E-state index in [1.54, 1.807) is 0 Å². The fourth-order valence-corrected chi connectivity index (χ4v) is 2.56. The Morgan fingerprint density at radius 2 is 1.95 bits per heavy atom. The van der Waals surface area contributed by atoms with Crippen LogP contribution < -0.4 is 4.74 Å². The summed E-state index contributed by atoms with van der Waals surface area (Å²) in [5, 5.41) is 0.732. The van der Waals surface area contributed by atoms with Crippen LogP contribution in [0, 0.1) is 0 Å². The van der Waals surface area contributed by atoms with Crippen molar-refractivity contribution in [2.45, 2.75) is 26.5 Å². The number of fused-ring (bicyclic) bond motifs is 1. The van der Waals surface area contributed by atoms with Gasteiger partial charge in [0.25, 0.3) is 0 Å². The van der Waals surface area contributed by atoms with Crippen molar-refractivity contribution < 1.29 is 4.74 Å². The maximum Gasteiger partial charge on any atom is 0.147 e. The van der Waals surface area contributed by atoms with Crippen LogP contribution in [0.25, 0.3) is 11.0 Å². The average molecular weight is 301 g/mol. The minimum atomic E-state index is 0.455. The van der Waals surface area contributed by atoms with Gasteiger partial charge < -0.3 is 9.30 Å². The number of halogens is 1. The predicted molar refractivity (Wildman–Crippen MR) is 85.8 cm³/mol. The van der Waals surface area contributed by atoms with Crippen molar-refractivity contribution in [2.75, 3.05) is 0 Å². The number of aromatic nitrogens is 2. The summed E-state index contributed by atoms with van der Waals surface area (Å²) < 4.78 is 8.01. The molecule has 0 fully saturated rings. The molecule has 3 aromatic rings. The SMILES string of the molecule is CCCn1c(COc2ccccc2)nc2ccc(Cl)cc21. The fraction of sp³-hybridized carbons (Fsp3) is 0.235. The average Bonchev–Trinajstić information content (AvgIpc) is 2.84. The minimum absolute atomic E-state index is 0.455. The zero-order valence-electron chi connectivity index (χ0n) is 11.9. The van der Waals surface area contributed by atoms with E-state index >= 15 is 0 Å². The lowest BCUT2D eigenvalue weighted by molar-refractivity contribution is 0.290.